The summed E-state index contributed by atoms with van der Waals surface area (Å²) in [4.78, 5) is 28.3. The van der Waals surface area contributed by atoms with E-state index in [0.717, 1.165) is 0 Å². The van der Waals surface area contributed by atoms with E-state index in [0.29, 0.717) is 16.8 Å². The molecule has 0 unspecified atom stereocenters. The summed E-state index contributed by atoms with van der Waals surface area (Å²) >= 11 is 5.80. The number of rotatable bonds is 8. The van der Waals surface area contributed by atoms with E-state index in [4.69, 9.17) is 22.7 Å². The molecule has 0 aliphatic rings. The molecule has 0 fully saturated rings. The molecule has 2 heterocycles. The first kappa shape index (κ1) is 23.8. The number of nitrogens with zero attached hydrogens (tertiary/aromatic N) is 4. The summed E-state index contributed by atoms with van der Waals surface area (Å²) in [6.45, 7) is 1.48. The van der Waals surface area contributed by atoms with Gasteiger partial charge in [-0.3, -0.25) is 9.78 Å². The van der Waals surface area contributed by atoms with Gasteiger partial charge < -0.3 is 16.5 Å². The third-order valence-electron chi connectivity index (χ3n) is 4.28. The molecule has 8 nitrogen and oxygen atoms in total. The largest absolute Gasteiger partial charge is 0.366 e. The molecule has 0 radical (unpaired) electrons. The number of benzene rings is 1. The van der Waals surface area contributed by atoms with E-state index in [2.05, 4.69) is 25.3 Å². The van der Waals surface area contributed by atoms with Gasteiger partial charge in [-0.15, -0.1) is 0 Å². The number of carbonyl (C=O) groups is 1. The van der Waals surface area contributed by atoms with Crippen LogP contribution in [-0.2, 0) is 0 Å². The van der Waals surface area contributed by atoms with Crippen LogP contribution in [0.15, 0.2) is 47.8 Å². The molecule has 2 aromatic heterocycles. The molecule has 12 heteroatoms. The first-order valence-corrected chi connectivity index (χ1v) is 9.75. The van der Waals surface area contributed by atoms with Crippen LogP contribution in [0.4, 0.5) is 30.6 Å². The van der Waals surface area contributed by atoms with Crippen LogP contribution in [-0.4, -0.2) is 38.7 Å². The molecule has 0 aliphatic carbocycles. The van der Waals surface area contributed by atoms with Crippen molar-refractivity contribution in [2.75, 3.05) is 5.32 Å². The van der Waals surface area contributed by atoms with E-state index in [1.807, 2.05) is 0 Å². The van der Waals surface area contributed by atoms with Crippen molar-refractivity contribution < 1.29 is 18.0 Å². The van der Waals surface area contributed by atoms with Crippen LogP contribution in [0, 0.1) is 11.2 Å². The van der Waals surface area contributed by atoms with Crippen molar-refractivity contribution in [1.82, 2.24) is 15.0 Å². The van der Waals surface area contributed by atoms with Crippen molar-refractivity contribution >= 4 is 46.4 Å². The number of hydrogen-bond acceptors (Lipinski definition) is 7. The maximum Gasteiger partial charge on any atom is 0.276 e. The third kappa shape index (κ3) is 6.10. The number of carbonyl (C=O) groups excluding carboxylic acids is 1. The number of halogens is 4. The van der Waals surface area contributed by atoms with Gasteiger partial charge in [-0.05, 0) is 31.2 Å². The molecule has 0 atom stereocenters. The zero-order valence-electron chi connectivity index (χ0n) is 17.1. The number of aliphatic imine (C=N–C) groups is 1. The quantitative estimate of drug-likeness (QED) is 0.397. The fraction of sp³-hybridized carbons (Fsp3) is 0.143. The molecule has 4 N–H and O–H groups in total. The molecular formula is C21H17ClF3N7O. The fourth-order valence-electron chi connectivity index (χ4n) is 2.72. The lowest BCUT2D eigenvalue weighted by molar-refractivity contribution is 0.1000. The Labute approximate surface area is 191 Å². The topological polar surface area (TPSA) is 130 Å². The summed E-state index contributed by atoms with van der Waals surface area (Å²) < 4.78 is 38.9. The second-order valence-corrected chi connectivity index (χ2v) is 7.27. The van der Waals surface area contributed by atoms with Crippen LogP contribution >= 0.6 is 11.6 Å². The number of amides is 1. The molecule has 0 bridgehead atoms. The standard InChI is InChI=1S/C21H17ClF3N7O/c1-10(4-17(26)18(24)25)30-20-14(11-5-12(19(27)33)8-28-7-11)9-29-21(32-20)31-13-2-3-16(23)15(22)6-13/h2-3,5-9,18,26H,4H2,1H3,(H2,27,33)(H,29,31,32). The van der Waals surface area contributed by atoms with E-state index in [1.165, 1.54) is 49.8 Å². The predicted molar refractivity (Wildman–Crippen MR) is 120 cm³/mol. The average molecular weight is 476 g/mol. The second-order valence-electron chi connectivity index (χ2n) is 6.86. The van der Waals surface area contributed by atoms with Gasteiger partial charge in [0.15, 0.2) is 5.82 Å². The van der Waals surface area contributed by atoms with Gasteiger partial charge in [0.1, 0.15) is 5.82 Å². The van der Waals surface area contributed by atoms with Crippen LogP contribution in [0.2, 0.25) is 5.02 Å². The zero-order chi connectivity index (χ0) is 24.1. The number of nitrogens with one attached hydrogen (secondary N) is 2. The first-order valence-electron chi connectivity index (χ1n) is 9.38. The summed E-state index contributed by atoms with van der Waals surface area (Å²) in [7, 11) is 0. The van der Waals surface area contributed by atoms with Crippen LogP contribution in [0.3, 0.4) is 0 Å². The number of pyridine rings is 1. The van der Waals surface area contributed by atoms with Crippen LogP contribution < -0.4 is 11.1 Å². The molecule has 3 rings (SSSR count). The zero-order valence-corrected chi connectivity index (χ0v) is 17.9. The van der Waals surface area contributed by atoms with Gasteiger partial charge in [-0.1, -0.05) is 11.6 Å². The molecular weight excluding hydrogens is 459 g/mol. The highest BCUT2D eigenvalue weighted by atomic mass is 35.5. The molecule has 170 valence electrons. The third-order valence-corrected chi connectivity index (χ3v) is 4.57. The van der Waals surface area contributed by atoms with Gasteiger partial charge in [-0.25, -0.2) is 23.1 Å². The SMILES string of the molecule is CC(CC(=N)C(F)F)=Nc1nc(Nc2ccc(F)c(Cl)c2)ncc1-c1cncc(C(N)=O)c1. The Balaban J connectivity index is 2.04. The lowest BCUT2D eigenvalue weighted by Gasteiger charge is -2.11. The molecule has 0 saturated heterocycles. The lowest BCUT2D eigenvalue weighted by atomic mass is 10.1. The van der Waals surface area contributed by atoms with Crippen molar-refractivity contribution in [3.8, 4) is 11.1 Å². The van der Waals surface area contributed by atoms with Gasteiger partial charge in [-0.2, -0.15) is 4.98 Å². The minimum Gasteiger partial charge on any atom is -0.366 e. The minimum absolute atomic E-state index is 0.0657. The Kier molecular flexibility index (Phi) is 7.34. The number of nitrogens with two attached hydrogens (primary N) is 1. The average Bonchev–Trinajstić information content (AvgIpc) is 2.76. The van der Waals surface area contributed by atoms with Gasteiger partial charge in [0.25, 0.3) is 6.43 Å². The van der Waals surface area contributed by atoms with Crippen molar-refractivity contribution in [3.05, 3.63) is 59.3 Å². The fourth-order valence-corrected chi connectivity index (χ4v) is 2.90. The summed E-state index contributed by atoms with van der Waals surface area (Å²) in [5.74, 6) is -1.15. The van der Waals surface area contributed by atoms with Crippen molar-refractivity contribution in [2.24, 2.45) is 10.7 Å². The van der Waals surface area contributed by atoms with E-state index in [-0.39, 0.29) is 34.5 Å². The highest BCUT2D eigenvalue weighted by molar-refractivity contribution is 6.31. The number of aromatic nitrogens is 3. The van der Waals surface area contributed by atoms with E-state index >= 15 is 0 Å². The summed E-state index contributed by atoms with van der Waals surface area (Å²) in [5, 5.41) is 10.1. The van der Waals surface area contributed by atoms with Crippen molar-refractivity contribution in [2.45, 2.75) is 19.8 Å². The molecule has 3 aromatic rings. The molecule has 0 aliphatic heterocycles. The smallest absolute Gasteiger partial charge is 0.276 e. The summed E-state index contributed by atoms with van der Waals surface area (Å²) in [6, 6.07) is 5.40. The Bertz CT molecular complexity index is 1250. The van der Waals surface area contributed by atoms with Crippen LogP contribution in [0.5, 0.6) is 0 Å². The van der Waals surface area contributed by atoms with Gasteiger partial charge in [0, 0.05) is 47.5 Å². The maximum absolute atomic E-state index is 13.4. The monoisotopic (exact) mass is 475 g/mol. The van der Waals surface area contributed by atoms with Gasteiger partial charge in [0.05, 0.1) is 16.3 Å². The number of anilines is 2. The molecule has 0 saturated carbocycles. The van der Waals surface area contributed by atoms with Crippen LogP contribution in [0.25, 0.3) is 11.1 Å². The second kappa shape index (κ2) is 10.2. The maximum atomic E-state index is 13.4. The van der Waals surface area contributed by atoms with Gasteiger partial charge in [0.2, 0.25) is 11.9 Å². The molecule has 33 heavy (non-hydrogen) atoms. The first-order chi connectivity index (χ1) is 15.6. The minimum atomic E-state index is -2.91. The lowest BCUT2D eigenvalue weighted by Crippen LogP contribution is -2.12. The number of hydrogen-bond donors (Lipinski definition) is 3. The number of alkyl halides is 2. The van der Waals surface area contributed by atoms with E-state index < -0.39 is 23.9 Å². The molecule has 1 amide bonds. The Morgan fingerprint density at radius 3 is 2.70 bits per heavy atom. The van der Waals surface area contributed by atoms with E-state index in [9.17, 15) is 18.0 Å². The molecule has 0 spiro atoms. The number of primary amides is 1. The highest BCUT2D eigenvalue weighted by Crippen LogP contribution is 2.30. The summed E-state index contributed by atoms with van der Waals surface area (Å²) in [5.41, 5.74) is 6.03. The predicted octanol–water partition coefficient (Wildman–Crippen LogP) is 4.94. The molecule has 1 aromatic carbocycles. The Morgan fingerprint density at radius 1 is 1.27 bits per heavy atom. The normalized spacial score (nSPS) is 11.5. The Hall–Kier alpha value is -3.86. The highest BCUT2D eigenvalue weighted by Gasteiger charge is 2.15. The Morgan fingerprint density at radius 2 is 2.03 bits per heavy atom. The van der Waals surface area contributed by atoms with Crippen molar-refractivity contribution in [1.29, 1.82) is 5.41 Å². The van der Waals surface area contributed by atoms with Crippen molar-refractivity contribution in [3.63, 3.8) is 0 Å². The summed E-state index contributed by atoms with van der Waals surface area (Å²) in [6.07, 6.45) is 0.855. The van der Waals surface area contributed by atoms with Crippen LogP contribution in [0.1, 0.15) is 23.7 Å². The van der Waals surface area contributed by atoms with E-state index in [1.54, 1.807) is 0 Å². The van der Waals surface area contributed by atoms with Gasteiger partial charge >= 0.3 is 0 Å².